The normalized spacial score (nSPS) is 12.8. The number of nitrogens with two attached hydrogens (primary N) is 1. The van der Waals surface area contributed by atoms with Crippen LogP contribution < -0.4 is 25.9 Å². The van der Waals surface area contributed by atoms with Gasteiger partial charge in [0.05, 0.1) is 25.0 Å². The van der Waals surface area contributed by atoms with Gasteiger partial charge in [-0.1, -0.05) is 6.42 Å². The lowest BCUT2D eigenvalue weighted by Gasteiger charge is -2.11. The fourth-order valence-electron chi connectivity index (χ4n) is 3.77. The third-order valence-electron chi connectivity index (χ3n) is 5.35. The Kier molecular flexibility index (Phi) is 10.0. The summed E-state index contributed by atoms with van der Waals surface area (Å²) < 4.78 is 16.0. The molecule has 0 bridgehead atoms. The molecule has 1 heterocycles. The SMILES string of the molecule is CCOC(=O)c1c(NC(=O)C(=O)N/N=C/c2ccc(OCC(N)=O)c(OCC)c2)sc2c1CCCCC2. The monoisotopic (exact) mass is 530 g/mol. The lowest BCUT2D eigenvalue weighted by atomic mass is 10.1. The molecule has 0 radical (unpaired) electrons. The Morgan fingerprint density at radius 2 is 1.81 bits per heavy atom. The molecule has 198 valence electrons. The Morgan fingerprint density at radius 3 is 2.54 bits per heavy atom. The van der Waals surface area contributed by atoms with Gasteiger partial charge in [-0.05, 0) is 68.9 Å². The molecule has 1 aromatic carbocycles. The molecule has 37 heavy (non-hydrogen) atoms. The molecule has 1 aliphatic rings. The van der Waals surface area contributed by atoms with Crippen molar-refractivity contribution in [3.63, 3.8) is 0 Å². The van der Waals surface area contributed by atoms with Gasteiger partial charge in [-0.25, -0.2) is 10.2 Å². The maximum Gasteiger partial charge on any atom is 0.341 e. The second-order valence-corrected chi connectivity index (χ2v) is 9.14. The summed E-state index contributed by atoms with van der Waals surface area (Å²) in [5, 5.41) is 6.69. The molecule has 1 aromatic heterocycles. The highest BCUT2D eigenvalue weighted by Gasteiger charge is 2.27. The number of carbonyl (C=O) groups excluding carboxylic acids is 4. The van der Waals surface area contributed by atoms with Crippen LogP contribution in [0.25, 0.3) is 0 Å². The number of nitrogens with one attached hydrogen (secondary N) is 2. The van der Waals surface area contributed by atoms with Crippen molar-refractivity contribution in [2.24, 2.45) is 10.8 Å². The molecule has 0 unspecified atom stereocenters. The number of ether oxygens (including phenoxy) is 3. The minimum Gasteiger partial charge on any atom is -0.490 e. The Hall–Kier alpha value is -3.93. The summed E-state index contributed by atoms with van der Waals surface area (Å²) in [5.41, 5.74) is 9.05. The number of carbonyl (C=O) groups is 4. The topological polar surface area (TPSA) is 158 Å². The van der Waals surface area contributed by atoms with Crippen LogP contribution in [0.2, 0.25) is 0 Å². The van der Waals surface area contributed by atoms with Gasteiger partial charge in [0.25, 0.3) is 5.91 Å². The summed E-state index contributed by atoms with van der Waals surface area (Å²) in [6.07, 6.45) is 5.88. The average Bonchev–Trinajstić information content (AvgIpc) is 3.03. The molecule has 0 spiro atoms. The van der Waals surface area contributed by atoms with Crippen LogP contribution in [0.4, 0.5) is 5.00 Å². The molecular weight excluding hydrogens is 500 g/mol. The molecule has 3 rings (SSSR count). The smallest absolute Gasteiger partial charge is 0.341 e. The first-order chi connectivity index (χ1) is 17.8. The number of nitrogens with zero attached hydrogens (tertiary/aromatic N) is 1. The van der Waals surface area contributed by atoms with Crippen molar-refractivity contribution >= 4 is 46.2 Å². The number of aryl methyl sites for hydroxylation is 1. The van der Waals surface area contributed by atoms with Gasteiger partial charge < -0.3 is 25.3 Å². The number of amides is 3. The van der Waals surface area contributed by atoms with E-state index in [0.29, 0.717) is 34.2 Å². The van der Waals surface area contributed by atoms with E-state index in [1.165, 1.54) is 17.6 Å². The average molecular weight is 531 g/mol. The maximum absolute atomic E-state index is 12.6. The van der Waals surface area contributed by atoms with Gasteiger partial charge in [-0.3, -0.25) is 14.4 Å². The van der Waals surface area contributed by atoms with Crippen molar-refractivity contribution in [2.45, 2.75) is 46.0 Å². The minimum absolute atomic E-state index is 0.204. The van der Waals surface area contributed by atoms with Gasteiger partial charge in [0.2, 0.25) is 0 Å². The van der Waals surface area contributed by atoms with Crippen LogP contribution in [0.3, 0.4) is 0 Å². The van der Waals surface area contributed by atoms with E-state index in [1.807, 2.05) is 0 Å². The number of anilines is 1. The molecule has 12 heteroatoms. The van der Waals surface area contributed by atoms with Crippen LogP contribution >= 0.6 is 11.3 Å². The van der Waals surface area contributed by atoms with Gasteiger partial charge >= 0.3 is 17.8 Å². The van der Waals surface area contributed by atoms with E-state index in [4.69, 9.17) is 19.9 Å². The molecule has 11 nitrogen and oxygen atoms in total. The second-order valence-electron chi connectivity index (χ2n) is 8.04. The quantitative estimate of drug-likeness (QED) is 0.140. The van der Waals surface area contributed by atoms with Gasteiger partial charge in [-0.15, -0.1) is 11.3 Å². The number of thiophene rings is 1. The zero-order valence-corrected chi connectivity index (χ0v) is 21.6. The van der Waals surface area contributed by atoms with E-state index in [-0.39, 0.29) is 13.2 Å². The number of primary amides is 1. The van der Waals surface area contributed by atoms with Crippen LogP contribution in [0, 0.1) is 0 Å². The summed E-state index contributed by atoms with van der Waals surface area (Å²) >= 11 is 1.30. The highest BCUT2D eigenvalue weighted by Crippen LogP contribution is 2.38. The highest BCUT2D eigenvalue weighted by molar-refractivity contribution is 7.17. The third kappa shape index (κ3) is 7.53. The molecule has 3 amide bonds. The Balaban J connectivity index is 1.68. The molecule has 0 saturated carbocycles. The Bertz CT molecular complexity index is 1190. The summed E-state index contributed by atoms with van der Waals surface area (Å²) in [4.78, 5) is 49.6. The first-order valence-corrected chi connectivity index (χ1v) is 12.8. The highest BCUT2D eigenvalue weighted by atomic mass is 32.1. The second kappa shape index (κ2) is 13.4. The lowest BCUT2D eigenvalue weighted by Crippen LogP contribution is -2.32. The number of esters is 1. The molecule has 0 aliphatic heterocycles. The zero-order valence-electron chi connectivity index (χ0n) is 20.8. The van der Waals surface area contributed by atoms with E-state index < -0.39 is 23.7 Å². The minimum atomic E-state index is -0.999. The fraction of sp³-hybridized carbons (Fsp3) is 0.400. The van der Waals surface area contributed by atoms with E-state index in [0.717, 1.165) is 42.5 Å². The zero-order chi connectivity index (χ0) is 26.8. The van der Waals surface area contributed by atoms with Crippen molar-refractivity contribution in [2.75, 3.05) is 25.1 Å². The van der Waals surface area contributed by atoms with E-state index in [1.54, 1.807) is 32.0 Å². The number of hydrogen-bond acceptors (Lipinski definition) is 9. The number of benzene rings is 1. The maximum atomic E-state index is 12.6. The Labute approximate surface area is 218 Å². The van der Waals surface area contributed by atoms with Crippen LogP contribution in [0.5, 0.6) is 11.5 Å². The Morgan fingerprint density at radius 1 is 1.03 bits per heavy atom. The van der Waals surface area contributed by atoms with Crippen LogP contribution in [0.15, 0.2) is 23.3 Å². The first kappa shape index (κ1) is 27.7. The molecule has 1 aliphatic carbocycles. The van der Waals surface area contributed by atoms with E-state index >= 15 is 0 Å². The summed E-state index contributed by atoms with van der Waals surface area (Å²) in [6, 6.07) is 4.79. The molecule has 0 saturated heterocycles. The lowest BCUT2D eigenvalue weighted by molar-refractivity contribution is -0.136. The van der Waals surface area contributed by atoms with Crippen molar-refractivity contribution in [3.05, 3.63) is 39.8 Å². The van der Waals surface area contributed by atoms with Gasteiger partial charge in [0.15, 0.2) is 18.1 Å². The van der Waals surface area contributed by atoms with Crippen LogP contribution in [0.1, 0.15) is 59.5 Å². The molecular formula is C25H30N4O7S. The predicted octanol–water partition coefficient (Wildman–Crippen LogP) is 2.55. The number of fused-ring (bicyclic) bond motifs is 1. The number of hydrazone groups is 1. The van der Waals surface area contributed by atoms with Gasteiger partial charge in [0, 0.05) is 4.88 Å². The summed E-state index contributed by atoms with van der Waals surface area (Å²) in [7, 11) is 0. The number of rotatable bonds is 10. The summed E-state index contributed by atoms with van der Waals surface area (Å²) in [5.74, 6) is -2.40. The van der Waals surface area contributed by atoms with Crippen molar-refractivity contribution in [1.82, 2.24) is 5.43 Å². The molecule has 0 fully saturated rings. The van der Waals surface area contributed by atoms with Crippen molar-refractivity contribution in [3.8, 4) is 11.5 Å². The molecule has 4 N–H and O–H groups in total. The van der Waals surface area contributed by atoms with Crippen molar-refractivity contribution in [1.29, 1.82) is 0 Å². The van der Waals surface area contributed by atoms with Crippen LogP contribution in [-0.4, -0.2) is 49.7 Å². The predicted molar refractivity (Wildman–Crippen MR) is 138 cm³/mol. The third-order valence-corrected chi connectivity index (χ3v) is 6.56. The number of hydrogen-bond donors (Lipinski definition) is 3. The summed E-state index contributed by atoms with van der Waals surface area (Å²) in [6.45, 7) is 3.76. The van der Waals surface area contributed by atoms with E-state index in [9.17, 15) is 19.2 Å². The fourth-order valence-corrected chi connectivity index (χ4v) is 5.04. The van der Waals surface area contributed by atoms with E-state index in [2.05, 4.69) is 15.8 Å². The molecule has 0 atom stereocenters. The van der Waals surface area contributed by atoms with Crippen molar-refractivity contribution < 1.29 is 33.4 Å². The van der Waals surface area contributed by atoms with Crippen LogP contribution in [-0.2, 0) is 32.0 Å². The van der Waals surface area contributed by atoms with Gasteiger partial charge in [0.1, 0.15) is 5.00 Å². The van der Waals surface area contributed by atoms with Gasteiger partial charge in [-0.2, -0.15) is 5.10 Å². The molecule has 2 aromatic rings. The first-order valence-electron chi connectivity index (χ1n) is 12.0. The standard InChI is InChI=1S/C25H30N4O7S/c1-3-34-18-12-15(10-11-17(18)36-14-20(26)30)13-27-29-23(32)22(31)28-24-21(25(33)35-4-2)16-8-6-5-7-9-19(16)37-24/h10-13H,3-9,14H2,1-2H3,(H2,26,30)(H,28,31)(H,29,32)/b27-13+. The largest absolute Gasteiger partial charge is 0.490 e.